The average molecular weight is 498 g/mol. The SMILES string of the molecule is COc1ccc(CC(=O)Nc2cccc(N3CCCN(Cc4cccc(C(F)(F)F)c4)C3=O)c2)cc1. The lowest BCUT2D eigenvalue weighted by Crippen LogP contribution is -2.49. The van der Waals surface area contributed by atoms with Crippen LogP contribution in [-0.2, 0) is 23.9 Å². The molecule has 36 heavy (non-hydrogen) atoms. The van der Waals surface area contributed by atoms with Crippen LogP contribution >= 0.6 is 0 Å². The van der Waals surface area contributed by atoms with E-state index in [0.717, 1.165) is 17.7 Å². The van der Waals surface area contributed by atoms with E-state index in [4.69, 9.17) is 4.74 Å². The minimum Gasteiger partial charge on any atom is -0.497 e. The van der Waals surface area contributed by atoms with E-state index in [1.165, 1.54) is 11.0 Å². The topological polar surface area (TPSA) is 61.9 Å². The monoisotopic (exact) mass is 497 g/mol. The fraction of sp³-hybridized carbons (Fsp3) is 0.259. The van der Waals surface area contributed by atoms with Gasteiger partial charge in [0, 0.05) is 31.0 Å². The minimum atomic E-state index is -4.44. The highest BCUT2D eigenvalue weighted by Crippen LogP contribution is 2.30. The van der Waals surface area contributed by atoms with Gasteiger partial charge in [-0.1, -0.05) is 30.3 Å². The van der Waals surface area contributed by atoms with Crippen LogP contribution in [0.15, 0.2) is 72.8 Å². The molecule has 0 aliphatic carbocycles. The molecule has 4 rings (SSSR count). The molecule has 0 bridgehead atoms. The van der Waals surface area contributed by atoms with Gasteiger partial charge in [-0.2, -0.15) is 13.2 Å². The molecule has 1 aliphatic rings. The fourth-order valence-electron chi connectivity index (χ4n) is 4.12. The highest BCUT2D eigenvalue weighted by molar-refractivity contribution is 5.95. The summed E-state index contributed by atoms with van der Waals surface area (Å²) in [6, 6.07) is 18.9. The number of hydrogen-bond acceptors (Lipinski definition) is 3. The second-order valence-corrected chi connectivity index (χ2v) is 8.53. The molecule has 1 N–H and O–H groups in total. The van der Waals surface area contributed by atoms with Gasteiger partial charge >= 0.3 is 12.2 Å². The van der Waals surface area contributed by atoms with Gasteiger partial charge < -0.3 is 15.0 Å². The minimum absolute atomic E-state index is 0.0809. The van der Waals surface area contributed by atoms with Crippen LogP contribution in [0.3, 0.4) is 0 Å². The molecule has 1 heterocycles. The lowest BCUT2D eigenvalue weighted by molar-refractivity contribution is -0.137. The van der Waals surface area contributed by atoms with Crippen molar-refractivity contribution in [3.05, 3.63) is 89.5 Å². The average Bonchev–Trinajstić information content (AvgIpc) is 2.85. The van der Waals surface area contributed by atoms with Crippen LogP contribution in [0.5, 0.6) is 5.75 Å². The molecule has 188 valence electrons. The molecule has 0 spiro atoms. The third-order valence-corrected chi connectivity index (χ3v) is 5.90. The lowest BCUT2D eigenvalue weighted by atomic mass is 10.1. The van der Waals surface area contributed by atoms with E-state index in [0.29, 0.717) is 42.2 Å². The van der Waals surface area contributed by atoms with Crippen molar-refractivity contribution in [3.63, 3.8) is 0 Å². The molecular weight excluding hydrogens is 471 g/mol. The number of nitrogens with zero attached hydrogens (tertiary/aromatic N) is 2. The Morgan fingerprint density at radius 1 is 0.972 bits per heavy atom. The number of carbonyl (C=O) groups is 2. The van der Waals surface area contributed by atoms with Crippen molar-refractivity contribution in [3.8, 4) is 5.75 Å². The van der Waals surface area contributed by atoms with Crippen LogP contribution in [0.25, 0.3) is 0 Å². The van der Waals surface area contributed by atoms with Crippen LogP contribution in [0.2, 0.25) is 0 Å². The maximum Gasteiger partial charge on any atom is 0.416 e. The van der Waals surface area contributed by atoms with E-state index >= 15 is 0 Å². The number of nitrogens with one attached hydrogen (secondary N) is 1. The van der Waals surface area contributed by atoms with Crippen molar-refractivity contribution in [1.82, 2.24) is 4.90 Å². The molecule has 0 atom stereocenters. The highest BCUT2D eigenvalue weighted by atomic mass is 19.4. The van der Waals surface area contributed by atoms with E-state index in [-0.39, 0.29) is 24.9 Å². The molecule has 3 aromatic rings. The van der Waals surface area contributed by atoms with Crippen LogP contribution in [0.4, 0.5) is 29.3 Å². The Kier molecular flexibility index (Phi) is 7.47. The number of carbonyl (C=O) groups excluding carboxylic acids is 2. The lowest BCUT2D eigenvalue weighted by Gasteiger charge is -2.36. The Bertz CT molecular complexity index is 1230. The first kappa shape index (κ1) is 25.1. The Morgan fingerprint density at radius 3 is 2.44 bits per heavy atom. The molecule has 1 saturated heterocycles. The van der Waals surface area contributed by atoms with Crippen molar-refractivity contribution in [2.75, 3.05) is 30.4 Å². The summed E-state index contributed by atoms with van der Waals surface area (Å²) >= 11 is 0. The van der Waals surface area contributed by atoms with E-state index in [1.54, 1.807) is 54.5 Å². The number of methoxy groups -OCH3 is 1. The summed E-state index contributed by atoms with van der Waals surface area (Å²) in [5.41, 5.74) is 1.67. The van der Waals surface area contributed by atoms with Crippen LogP contribution in [0, 0.1) is 0 Å². The van der Waals surface area contributed by atoms with Crippen molar-refractivity contribution < 1.29 is 27.5 Å². The van der Waals surface area contributed by atoms with Crippen molar-refractivity contribution in [1.29, 1.82) is 0 Å². The Morgan fingerprint density at radius 2 is 1.72 bits per heavy atom. The number of rotatable bonds is 7. The summed E-state index contributed by atoms with van der Waals surface area (Å²) in [6.07, 6.45) is -3.59. The number of amides is 3. The van der Waals surface area contributed by atoms with Gasteiger partial charge in [-0.15, -0.1) is 0 Å². The molecule has 0 saturated carbocycles. The van der Waals surface area contributed by atoms with Crippen LogP contribution in [-0.4, -0.2) is 37.0 Å². The Hall–Kier alpha value is -4.01. The van der Waals surface area contributed by atoms with Gasteiger partial charge in [-0.25, -0.2) is 4.79 Å². The molecule has 6 nitrogen and oxygen atoms in total. The number of benzene rings is 3. The summed E-state index contributed by atoms with van der Waals surface area (Å²) in [7, 11) is 1.58. The van der Waals surface area contributed by atoms with Gasteiger partial charge in [0.1, 0.15) is 5.75 Å². The second-order valence-electron chi connectivity index (χ2n) is 8.53. The van der Waals surface area contributed by atoms with Gasteiger partial charge in [-0.05, 0) is 60.0 Å². The molecule has 0 radical (unpaired) electrons. The quantitative estimate of drug-likeness (QED) is 0.454. The van der Waals surface area contributed by atoms with E-state index in [9.17, 15) is 22.8 Å². The first-order valence-corrected chi connectivity index (χ1v) is 11.5. The van der Waals surface area contributed by atoms with Crippen LogP contribution < -0.4 is 15.0 Å². The van der Waals surface area contributed by atoms with Gasteiger partial charge in [-0.3, -0.25) is 9.69 Å². The molecule has 0 unspecified atom stereocenters. The van der Waals surface area contributed by atoms with Gasteiger partial charge in [0.2, 0.25) is 5.91 Å². The summed E-state index contributed by atoms with van der Waals surface area (Å²) < 4.78 is 44.3. The van der Waals surface area contributed by atoms with E-state index < -0.39 is 11.7 Å². The number of urea groups is 1. The molecule has 3 amide bonds. The van der Waals surface area contributed by atoms with Crippen LogP contribution in [0.1, 0.15) is 23.1 Å². The molecule has 0 aromatic heterocycles. The third kappa shape index (κ3) is 6.16. The summed E-state index contributed by atoms with van der Waals surface area (Å²) in [5.74, 6) is 0.508. The first-order valence-electron chi connectivity index (χ1n) is 11.5. The number of alkyl halides is 3. The zero-order chi connectivity index (χ0) is 25.7. The molecule has 9 heteroatoms. The normalized spacial score (nSPS) is 14.1. The largest absolute Gasteiger partial charge is 0.497 e. The second kappa shape index (κ2) is 10.7. The van der Waals surface area contributed by atoms with Gasteiger partial charge in [0.05, 0.1) is 19.1 Å². The highest BCUT2D eigenvalue weighted by Gasteiger charge is 2.31. The predicted molar refractivity (Wildman–Crippen MR) is 131 cm³/mol. The predicted octanol–water partition coefficient (Wildman–Crippen LogP) is 5.73. The zero-order valence-electron chi connectivity index (χ0n) is 19.7. The number of halogens is 3. The Labute approximate surface area is 207 Å². The molecular formula is C27H26F3N3O3. The van der Waals surface area contributed by atoms with Gasteiger partial charge in [0.15, 0.2) is 0 Å². The number of hydrogen-bond donors (Lipinski definition) is 1. The molecule has 3 aromatic carbocycles. The molecule has 1 fully saturated rings. The zero-order valence-corrected chi connectivity index (χ0v) is 19.7. The first-order chi connectivity index (χ1) is 17.2. The number of ether oxygens (including phenoxy) is 1. The fourth-order valence-corrected chi connectivity index (χ4v) is 4.12. The number of anilines is 2. The van der Waals surface area contributed by atoms with E-state index in [2.05, 4.69) is 5.32 Å². The van der Waals surface area contributed by atoms with Crippen molar-refractivity contribution >= 4 is 23.3 Å². The summed E-state index contributed by atoms with van der Waals surface area (Å²) in [5, 5.41) is 2.86. The standard InChI is InChI=1S/C27H26F3N3O3/c1-36-24-11-9-19(10-12-24)16-25(34)31-22-7-3-8-23(17-22)33-14-4-13-32(26(33)35)18-20-5-2-6-21(15-20)27(28,29)30/h2-3,5-12,15,17H,4,13-14,16,18H2,1H3,(H,31,34). The summed E-state index contributed by atoms with van der Waals surface area (Å²) in [6.45, 7) is 1.00. The maximum atomic E-state index is 13.2. The Balaban J connectivity index is 1.42. The van der Waals surface area contributed by atoms with E-state index in [1.807, 2.05) is 12.1 Å². The molecule has 1 aliphatic heterocycles. The maximum absolute atomic E-state index is 13.2. The van der Waals surface area contributed by atoms with Crippen molar-refractivity contribution in [2.45, 2.75) is 25.6 Å². The van der Waals surface area contributed by atoms with Crippen molar-refractivity contribution in [2.24, 2.45) is 0 Å². The third-order valence-electron chi connectivity index (χ3n) is 5.90. The smallest absolute Gasteiger partial charge is 0.416 e. The van der Waals surface area contributed by atoms with Gasteiger partial charge in [0.25, 0.3) is 0 Å². The summed E-state index contributed by atoms with van der Waals surface area (Å²) in [4.78, 5) is 28.8.